The Morgan fingerprint density at radius 3 is 2.37 bits per heavy atom. The Kier molecular flexibility index (Phi) is 4.63. The van der Waals surface area contributed by atoms with E-state index in [0.29, 0.717) is 17.5 Å². The van der Waals surface area contributed by atoms with Crippen LogP contribution in [0, 0.1) is 0 Å². The van der Waals surface area contributed by atoms with Crippen LogP contribution in [0.15, 0.2) is 4.42 Å². The van der Waals surface area contributed by atoms with Gasteiger partial charge in [-0.1, -0.05) is 20.8 Å². The van der Waals surface area contributed by atoms with Crippen LogP contribution in [0.4, 0.5) is 0 Å². The molecule has 0 radical (unpaired) electrons. The number of aliphatic carboxylic acids is 1. The highest BCUT2D eigenvalue weighted by molar-refractivity contribution is 7.99. The molecule has 0 saturated heterocycles. The van der Waals surface area contributed by atoms with Crippen LogP contribution in [0.5, 0.6) is 0 Å². The molecule has 1 atom stereocenters. The molecule has 1 aromatic heterocycles. The predicted molar refractivity (Wildman–Crippen MR) is 74.0 cm³/mol. The van der Waals surface area contributed by atoms with Crippen LogP contribution >= 0.6 is 11.8 Å². The van der Waals surface area contributed by atoms with Crippen molar-refractivity contribution >= 4 is 17.7 Å². The number of carboxylic acids is 1. The predicted octanol–water partition coefficient (Wildman–Crippen LogP) is 1.79. The summed E-state index contributed by atoms with van der Waals surface area (Å²) in [6, 6.07) is -0.942. The highest BCUT2D eigenvalue weighted by atomic mass is 32.2. The minimum absolute atomic E-state index is 0.192. The second-order valence-electron chi connectivity index (χ2n) is 5.96. The van der Waals surface area contributed by atoms with Gasteiger partial charge in [0, 0.05) is 10.2 Å². The van der Waals surface area contributed by atoms with E-state index >= 15 is 0 Å². The molecular weight excluding hydrogens is 266 g/mol. The van der Waals surface area contributed by atoms with Crippen LogP contribution in [0.3, 0.4) is 0 Å². The summed E-state index contributed by atoms with van der Waals surface area (Å²) in [4.78, 5) is 10.9. The van der Waals surface area contributed by atoms with E-state index in [0.717, 1.165) is 0 Å². The van der Waals surface area contributed by atoms with Gasteiger partial charge in [-0.3, -0.25) is 4.79 Å². The third-order valence-corrected chi connectivity index (χ3v) is 4.08. The summed E-state index contributed by atoms with van der Waals surface area (Å²) >= 11 is 1.39. The third-order valence-electron chi connectivity index (χ3n) is 2.69. The maximum Gasteiger partial charge on any atom is 0.321 e. The van der Waals surface area contributed by atoms with Gasteiger partial charge in [0.05, 0.1) is 5.75 Å². The Balaban J connectivity index is 2.67. The van der Waals surface area contributed by atoms with E-state index in [9.17, 15) is 4.79 Å². The number of nitrogens with two attached hydrogens (primary N) is 1. The first-order chi connectivity index (χ1) is 8.54. The maximum atomic E-state index is 10.9. The lowest BCUT2D eigenvalue weighted by Crippen LogP contribution is -2.46. The average molecular weight is 287 g/mol. The zero-order chi connectivity index (χ0) is 14.8. The van der Waals surface area contributed by atoms with Gasteiger partial charge in [0.15, 0.2) is 0 Å². The van der Waals surface area contributed by atoms with E-state index < -0.39 is 16.8 Å². The quantitative estimate of drug-likeness (QED) is 0.851. The maximum absolute atomic E-state index is 10.9. The van der Waals surface area contributed by atoms with E-state index in [4.69, 9.17) is 15.3 Å². The van der Waals surface area contributed by atoms with Crippen molar-refractivity contribution in [3.63, 3.8) is 0 Å². The third kappa shape index (κ3) is 4.21. The molecule has 0 fully saturated rings. The van der Waals surface area contributed by atoms with Crippen molar-refractivity contribution in [3.05, 3.63) is 11.8 Å². The van der Waals surface area contributed by atoms with Crippen LogP contribution in [0.1, 0.15) is 46.4 Å². The van der Waals surface area contributed by atoms with E-state index in [1.54, 1.807) is 13.8 Å². The highest BCUT2D eigenvalue weighted by Crippen LogP contribution is 2.31. The fourth-order valence-corrected chi connectivity index (χ4v) is 2.14. The number of nitrogens with zero attached hydrogens (tertiary/aromatic N) is 2. The Bertz CT molecular complexity index is 451. The normalized spacial score (nSPS) is 14.4. The molecule has 0 saturated carbocycles. The second kappa shape index (κ2) is 5.50. The van der Waals surface area contributed by atoms with Gasteiger partial charge < -0.3 is 15.3 Å². The molecule has 0 amide bonds. The monoisotopic (exact) mass is 287 g/mol. The number of hydrogen-bond acceptors (Lipinski definition) is 6. The lowest BCUT2D eigenvalue weighted by atomic mass is 9.97. The first kappa shape index (κ1) is 16.0. The second-order valence-corrected chi connectivity index (χ2v) is 7.59. The lowest BCUT2D eigenvalue weighted by Gasteiger charge is -2.27. The van der Waals surface area contributed by atoms with Crippen molar-refractivity contribution in [2.24, 2.45) is 5.73 Å². The number of thioether (sulfide) groups is 1. The molecule has 19 heavy (non-hydrogen) atoms. The molecule has 1 heterocycles. The zero-order valence-electron chi connectivity index (χ0n) is 11.9. The molecule has 0 aliphatic rings. The van der Waals surface area contributed by atoms with Crippen LogP contribution in [-0.4, -0.2) is 32.1 Å². The lowest BCUT2D eigenvalue weighted by molar-refractivity contribution is -0.139. The standard InChI is InChI=1S/C12H21N3O3S/c1-11(2,3)10-15-14-7(18-10)6-19-12(4,5)8(13)9(16)17/h8H,6,13H2,1-5H3,(H,16,17)/t8-/m0/s1. The molecule has 0 bridgehead atoms. The van der Waals surface area contributed by atoms with Gasteiger partial charge >= 0.3 is 5.97 Å². The van der Waals surface area contributed by atoms with Gasteiger partial charge in [0.1, 0.15) is 6.04 Å². The van der Waals surface area contributed by atoms with Crippen LogP contribution in [-0.2, 0) is 16.0 Å². The topological polar surface area (TPSA) is 102 Å². The summed E-state index contributed by atoms with van der Waals surface area (Å²) in [6.07, 6.45) is 0. The molecule has 6 nitrogen and oxygen atoms in total. The van der Waals surface area contributed by atoms with Crippen molar-refractivity contribution in [2.45, 2.75) is 56.6 Å². The Morgan fingerprint density at radius 1 is 1.37 bits per heavy atom. The van der Waals surface area contributed by atoms with E-state index in [1.807, 2.05) is 20.8 Å². The average Bonchev–Trinajstić information content (AvgIpc) is 2.73. The summed E-state index contributed by atoms with van der Waals surface area (Å²) in [5, 5.41) is 16.9. The molecule has 0 spiro atoms. The van der Waals surface area contributed by atoms with Crippen molar-refractivity contribution in [3.8, 4) is 0 Å². The first-order valence-electron chi connectivity index (χ1n) is 5.99. The Labute approximate surface area is 117 Å². The summed E-state index contributed by atoms with van der Waals surface area (Å²) in [5.41, 5.74) is 5.45. The zero-order valence-corrected chi connectivity index (χ0v) is 12.7. The fraction of sp³-hybridized carbons (Fsp3) is 0.750. The van der Waals surface area contributed by atoms with Crippen LogP contribution in [0.25, 0.3) is 0 Å². The SMILES string of the molecule is CC(C)(C)c1nnc(CSC(C)(C)[C@@H](N)C(=O)O)o1. The number of aromatic nitrogens is 2. The van der Waals surface area contributed by atoms with Crippen molar-refractivity contribution in [2.75, 3.05) is 0 Å². The minimum Gasteiger partial charge on any atom is -0.480 e. The highest BCUT2D eigenvalue weighted by Gasteiger charge is 2.33. The number of hydrogen-bond donors (Lipinski definition) is 2. The van der Waals surface area contributed by atoms with E-state index in [-0.39, 0.29) is 5.41 Å². The largest absolute Gasteiger partial charge is 0.480 e. The van der Waals surface area contributed by atoms with Crippen molar-refractivity contribution in [1.82, 2.24) is 10.2 Å². The van der Waals surface area contributed by atoms with Gasteiger partial charge in [-0.15, -0.1) is 22.0 Å². The van der Waals surface area contributed by atoms with Gasteiger partial charge in [-0.05, 0) is 13.8 Å². The van der Waals surface area contributed by atoms with Crippen molar-refractivity contribution in [1.29, 1.82) is 0 Å². The first-order valence-corrected chi connectivity index (χ1v) is 6.98. The molecule has 7 heteroatoms. The molecule has 108 valence electrons. The molecular formula is C12H21N3O3S. The summed E-state index contributed by atoms with van der Waals surface area (Å²) in [6.45, 7) is 9.54. The van der Waals surface area contributed by atoms with Crippen LogP contribution in [0.2, 0.25) is 0 Å². The van der Waals surface area contributed by atoms with Crippen LogP contribution < -0.4 is 5.73 Å². The molecule has 0 aromatic carbocycles. The van der Waals surface area contributed by atoms with Gasteiger partial charge in [-0.2, -0.15) is 0 Å². The van der Waals surface area contributed by atoms with Gasteiger partial charge in [0.2, 0.25) is 11.8 Å². The van der Waals surface area contributed by atoms with E-state index in [2.05, 4.69) is 10.2 Å². The number of carboxylic acid groups (broad SMARTS) is 1. The molecule has 0 unspecified atom stereocenters. The molecule has 3 N–H and O–H groups in total. The van der Waals surface area contributed by atoms with E-state index in [1.165, 1.54) is 11.8 Å². The molecule has 0 aliphatic heterocycles. The minimum atomic E-state index is -1.02. The summed E-state index contributed by atoms with van der Waals surface area (Å²) in [7, 11) is 0. The van der Waals surface area contributed by atoms with Gasteiger partial charge in [0.25, 0.3) is 0 Å². The number of rotatable bonds is 5. The van der Waals surface area contributed by atoms with Gasteiger partial charge in [-0.25, -0.2) is 0 Å². The molecule has 1 rings (SSSR count). The molecule has 0 aliphatic carbocycles. The fourth-order valence-electron chi connectivity index (χ4n) is 1.25. The molecule has 1 aromatic rings. The smallest absolute Gasteiger partial charge is 0.321 e. The Morgan fingerprint density at radius 2 is 1.95 bits per heavy atom. The summed E-state index contributed by atoms with van der Waals surface area (Å²) in [5.74, 6) is 0.485. The van der Waals surface area contributed by atoms with Crippen molar-refractivity contribution < 1.29 is 14.3 Å². The number of carbonyl (C=O) groups is 1. The summed E-state index contributed by atoms with van der Waals surface area (Å²) < 4.78 is 4.94. The Hall–Kier alpha value is -1.08.